The van der Waals surface area contributed by atoms with Crippen molar-refractivity contribution in [2.75, 3.05) is 97.8 Å². The monoisotopic (exact) mass is 1390 g/mol. The number of phenols is 1. The Kier molecular flexibility index (Phi) is 38.4. The van der Waals surface area contributed by atoms with Crippen LogP contribution >= 0.6 is 59.7 Å². The molecule has 41 heteroatoms. The molecule has 0 aliphatic carbocycles. The number of carbonyl (C=O) groups excluding carboxylic acids is 16. The first-order valence-electron chi connectivity index (χ1n) is 27.7. The van der Waals surface area contributed by atoms with Gasteiger partial charge in [0.2, 0.25) is 94.5 Å². The van der Waals surface area contributed by atoms with Crippen molar-refractivity contribution in [3.05, 3.63) is 29.8 Å². The Morgan fingerprint density at radius 1 is 0.620 bits per heavy atom. The lowest BCUT2D eigenvalue weighted by molar-refractivity contribution is -0.141. The highest BCUT2D eigenvalue weighted by atomic mass is 32.2. The first kappa shape index (κ1) is 79.8. The number of hydrogen-bond donors (Lipinski definition) is 20. The fraction of sp³-hybridized carbons (Fsp3) is 0.549. The number of carboxylic acids is 1. The van der Waals surface area contributed by atoms with Crippen molar-refractivity contribution in [1.82, 2.24) is 79.8 Å². The molecule has 1 aromatic rings. The van der Waals surface area contributed by atoms with Crippen molar-refractivity contribution in [1.29, 1.82) is 0 Å². The number of nitrogens with two attached hydrogens (primary N) is 2. The predicted molar refractivity (Wildman–Crippen MR) is 339 cm³/mol. The Morgan fingerprint density at radius 2 is 1.12 bits per heavy atom. The van der Waals surface area contributed by atoms with Crippen LogP contribution in [-0.4, -0.2) is 251 Å². The lowest BCUT2D eigenvalue weighted by Crippen LogP contribution is -2.58. The van der Waals surface area contributed by atoms with E-state index in [9.17, 15) is 91.7 Å². The number of thioether (sulfide) groups is 4. The molecule has 0 bridgehead atoms. The zero-order valence-corrected chi connectivity index (χ0v) is 54.0. The van der Waals surface area contributed by atoms with Gasteiger partial charge in [-0.2, -0.15) is 24.4 Å². The third kappa shape index (κ3) is 34.8. The molecule has 92 heavy (non-hydrogen) atoms. The number of nitrogens with one attached hydrogen (secondary N) is 15. The molecule has 1 aliphatic rings. The predicted octanol–water partition coefficient (Wildman–Crippen LogP) is -9.60. The summed E-state index contributed by atoms with van der Waals surface area (Å²) in [5.41, 5.74) is 11.3. The Bertz CT molecular complexity index is 2790. The summed E-state index contributed by atoms with van der Waals surface area (Å²) in [6, 6.07) is -4.38. The summed E-state index contributed by atoms with van der Waals surface area (Å²) in [6.45, 7) is -1.82. The van der Waals surface area contributed by atoms with Gasteiger partial charge in [0.25, 0.3) is 0 Å². The maximum atomic E-state index is 13.9. The van der Waals surface area contributed by atoms with E-state index in [1.165, 1.54) is 49.9 Å². The van der Waals surface area contributed by atoms with Crippen molar-refractivity contribution >= 4 is 160 Å². The summed E-state index contributed by atoms with van der Waals surface area (Å²) in [7, 11) is 0. The van der Waals surface area contributed by atoms with Crippen LogP contribution in [0.4, 0.5) is 0 Å². The van der Waals surface area contributed by atoms with Crippen molar-refractivity contribution in [2.45, 2.75) is 75.4 Å². The van der Waals surface area contributed by atoms with Crippen LogP contribution in [0, 0.1) is 0 Å². The molecule has 0 saturated carbocycles. The van der Waals surface area contributed by atoms with Gasteiger partial charge in [0.15, 0.2) is 0 Å². The molecule has 21 N–H and O–H groups in total. The highest BCUT2D eigenvalue weighted by molar-refractivity contribution is 8.00. The third-order valence-electron chi connectivity index (χ3n) is 11.8. The van der Waals surface area contributed by atoms with Gasteiger partial charge in [-0.05, 0) is 36.4 Å². The van der Waals surface area contributed by atoms with E-state index in [1.807, 2.05) is 0 Å². The molecule has 1 aromatic carbocycles. The van der Waals surface area contributed by atoms with E-state index in [0.29, 0.717) is 24.3 Å². The summed E-state index contributed by atoms with van der Waals surface area (Å²) in [6.07, 6.45) is -0.594. The lowest BCUT2D eigenvalue weighted by atomic mass is 10.0. The third-order valence-corrected chi connectivity index (χ3v) is 16.2. The maximum Gasteiger partial charge on any atom is 0.305 e. The summed E-state index contributed by atoms with van der Waals surface area (Å²) in [5.74, 6) is -16.6. The smallest absolute Gasteiger partial charge is 0.305 e. The standard InChI is InChI=1S/C51H77N17O19S5/c1-26(69)60-24-91-21-33(46(82)56-12-37(72)54-14-39(74)64-32(18-88)45(53)81)66-42(77)17-58-47(83)34(22-92-25-61-27(2)70)65-40(75)15-55-38(73)13-57-49(85)36-20-90-23-43(78)63-30(10-28-4-6-29(71)7-5-28)50(86)67-35(19-89-9-3-8-52)48(84)59-16-41(76)62-31(11-44(79)80)51(87)68-36/h4-7,30-36,71,88H,3,8-25,52H2,1-2H3,(H2,53,81)(H,54,72)(H,55,73)(H,56,82)(H,57,85)(H,58,83)(H,59,84)(H,60,69)(H,61,70)(H,62,76)(H,63,78)(H,64,74)(H,65,75)(H,66,77)(H,67,86)(H,68,87)(H,79,80). The second-order valence-corrected chi connectivity index (χ2v) is 24.0. The average Bonchev–Trinajstić information content (AvgIpc) is 1.10. The van der Waals surface area contributed by atoms with Crippen LogP contribution in [0.1, 0.15) is 32.3 Å². The van der Waals surface area contributed by atoms with Gasteiger partial charge < -0.3 is 101 Å². The van der Waals surface area contributed by atoms with Gasteiger partial charge in [0.1, 0.15) is 48.0 Å². The molecule has 1 fully saturated rings. The molecule has 510 valence electrons. The van der Waals surface area contributed by atoms with E-state index in [1.54, 1.807) is 0 Å². The molecule has 1 saturated heterocycles. The number of carboxylic acid groups (broad SMARTS) is 1. The molecule has 36 nitrogen and oxygen atoms in total. The van der Waals surface area contributed by atoms with E-state index in [4.69, 9.17) is 11.5 Å². The number of primary amides is 1. The van der Waals surface area contributed by atoms with Crippen LogP contribution in [0.2, 0.25) is 0 Å². The topological polar surface area (TPSA) is 563 Å². The Balaban J connectivity index is 2.21. The molecule has 1 aliphatic heterocycles. The van der Waals surface area contributed by atoms with Gasteiger partial charge in [0, 0.05) is 49.0 Å². The number of rotatable bonds is 35. The lowest BCUT2D eigenvalue weighted by Gasteiger charge is -2.25. The number of carbonyl (C=O) groups is 17. The van der Waals surface area contributed by atoms with E-state index in [-0.39, 0.29) is 46.9 Å². The SMILES string of the molecule is CC(=O)NCSCC(NC(=O)CNC(=O)CNC(=O)C1CSCC(=O)NC(Cc2ccc(O)cc2)C(=O)NC(CSCCCN)C(=O)NCC(=O)NC(CC(=O)O)C(=O)N1)C(=O)NCC(=O)NC(CSCNC(C)=O)C(=O)NCC(=O)NCC(=O)NC(CS)C(N)=O. The highest BCUT2D eigenvalue weighted by Crippen LogP contribution is 2.14. The highest BCUT2D eigenvalue weighted by Gasteiger charge is 2.33. The summed E-state index contributed by atoms with van der Waals surface area (Å²) >= 11 is 7.87. The molecule has 2 rings (SSSR count). The van der Waals surface area contributed by atoms with E-state index >= 15 is 0 Å². The molecule has 7 unspecified atom stereocenters. The van der Waals surface area contributed by atoms with Gasteiger partial charge in [0.05, 0.1) is 63.2 Å². The number of aromatic hydroxyl groups is 1. The molecule has 16 amide bonds. The van der Waals surface area contributed by atoms with E-state index in [2.05, 4.69) is 92.4 Å². The van der Waals surface area contributed by atoms with Crippen LogP contribution in [-0.2, 0) is 87.9 Å². The number of aliphatic carboxylic acids is 1. The van der Waals surface area contributed by atoms with Crippen LogP contribution in [0.3, 0.4) is 0 Å². The summed E-state index contributed by atoms with van der Waals surface area (Å²) < 4.78 is 0. The van der Waals surface area contributed by atoms with Crippen LogP contribution in [0.15, 0.2) is 24.3 Å². The van der Waals surface area contributed by atoms with E-state index < -0.39 is 200 Å². The Hall–Kier alpha value is -8.28. The minimum absolute atomic E-state index is 0.00245. The Morgan fingerprint density at radius 3 is 1.63 bits per heavy atom. The van der Waals surface area contributed by atoms with Gasteiger partial charge in [-0.1, -0.05) is 12.1 Å². The molecule has 0 radical (unpaired) electrons. The summed E-state index contributed by atoms with van der Waals surface area (Å²) in [4.78, 5) is 218. The molecule has 0 aromatic heterocycles. The average molecular weight is 1390 g/mol. The van der Waals surface area contributed by atoms with Crippen LogP contribution in [0.25, 0.3) is 0 Å². The largest absolute Gasteiger partial charge is 0.508 e. The van der Waals surface area contributed by atoms with E-state index in [0.717, 1.165) is 35.3 Å². The van der Waals surface area contributed by atoms with Crippen molar-refractivity contribution in [3.63, 3.8) is 0 Å². The first-order chi connectivity index (χ1) is 43.6. The number of amides is 16. The van der Waals surface area contributed by atoms with Crippen LogP contribution < -0.4 is 91.2 Å². The Labute approximate surface area is 549 Å². The van der Waals surface area contributed by atoms with Gasteiger partial charge >= 0.3 is 5.97 Å². The van der Waals surface area contributed by atoms with Gasteiger partial charge in [-0.25, -0.2) is 0 Å². The minimum atomic E-state index is -1.85. The van der Waals surface area contributed by atoms with Crippen molar-refractivity contribution < 1.29 is 91.7 Å². The number of phenolic OH excluding ortho intramolecular Hbond substituents is 1. The number of thiol groups is 1. The molecule has 1 heterocycles. The number of hydrogen-bond acceptors (Lipinski definition) is 24. The van der Waals surface area contributed by atoms with Gasteiger partial charge in [-0.15, -0.1) is 35.3 Å². The fourth-order valence-corrected chi connectivity index (χ4v) is 11.0. The number of benzene rings is 1. The first-order valence-corrected chi connectivity index (χ1v) is 33.0. The fourth-order valence-electron chi connectivity index (χ4n) is 7.12. The van der Waals surface area contributed by atoms with Gasteiger partial charge in [-0.3, -0.25) is 81.5 Å². The zero-order valence-electron chi connectivity index (χ0n) is 49.9. The second kappa shape index (κ2) is 44.3. The molecular weight excluding hydrogens is 1310 g/mol. The summed E-state index contributed by atoms with van der Waals surface area (Å²) in [5, 5.41) is 54.7. The van der Waals surface area contributed by atoms with Crippen molar-refractivity contribution in [2.24, 2.45) is 11.5 Å². The molecular formula is C51H77N17O19S5. The van der Waals surface area contributed by atoms with Crippen LogP contribution in [0.5, 0.6) is 5.75 Å². The minimum Gasteiger partial charge on any atom is -0.508 e. The zero-order chi connectivity index (χ0) is 68.7. The normalized spacial score (nSPS) is 17.3. The quantitative estimate of drug-likeness (QED) is 0.0170. The van der Waals surface area contributed by atoms with Crippen molar-refractivity contribution in [3.8, 4) is 5.75 Å². The maximum absolute atomic E-state index is 13.9. The molecule has 0 spiro atoms. The molecule has 7 atom stereocenters. The second-order valence-electron chi connectivity index (χ2n) is 19.4.